The van der Waals surface area contributed by atoms with E-state index in [-0.39, 0.29) is 0 Å². The number of hydrogen-bond donors (Lipinski definition) is 0. The molecule has 0 fully saturated rings. The Hall–Kier alpha value is -0.790. The summed E-state index contributed by atoms with van der Waals surface area (Å²) >= 11 is 0. The van der Waals surface area contributed by atoms with E-state index in [1.807, 2.05) is 6.20 Å². The maximum absolute atomic E-state index is 4.04. The van der Waals surface area contributed by atoms with Gasteiger partial charge in [0.15, 0.2) is 0 Å². The Morgan fingerprint density at radius 1 is 1.36 bits per heavy atom. The SMILES string of the molecule is CCCCC1=C[N]N=C1CC. The van der Waals surface area contributed by atoms with Crippen LogP contribution in [0.4, 0.5) is 0 Å². The Morgan fingerprint density at radius 3 is 2.82 bits per heavy atom. The van der Waals surface area contributed by atoms with Gasteiger partial charge in [0, 0.05) is 0 Å². The zero-order valence-corrected chi connectivity index (χ0v) is 7.30. The van der Waals surface area contributed by atoms with Gasteiger partial charge in [-0.3, -0.25) is 0 Å². The number of allylic oxidation sites excluding steroid dienone is 1. The van der Waals surface area contributed by atoms with Crippen molar-refractivity contribution < 1.29 is 0 Å². The average molecular weight is 151 g/mol. The fourth-order valence-electron chi connectivity index (χ4n) is 1.18. The summed E-state index contributed by atoms with van der Waals surface area (Å²) in [7, 11) is 0. The minimum Gasteiger partial charge on any atom is -0.159 e. The lowest BCUT2D eigenvalue weighted by Crippen LogP contribution is -1.96. The van der Waals surface area contributed by atoms with Crippen LogP contribution in [0.3, 0.4) is 0 Å². The highest BCUT2D eigenvalue weighted by Crippen LogP contribution is 2.14. The molecule has 0 aromatic carbocycles. The smallest absolute Gasteiger partial charge is 0.0675 e. The minimum atomic E-state index is 1.01. The maximum atomic E-state index is 4.04. The average Bonchev–Trinajstić information content (AvgIpc) is 2.47. The predicted octanol–water partition coefficient (Wildman–Crippen LogP) is 2.44. The quantitative estimate of drug-likeness (QED) is 0.590. The van der Waals surface area contributed by atoms with Crippen molar-refractivity contribution in [3.8, 4) is 0 Å². The van der Waals surface area contributed by atoms with E-state index in [0.29, 0.717) is 0 Å². The van der Waals surface area contributed by atoms with Gasteiger partial charge in [-0.2, -0.15) is 10.5 Å². The molecule has 0 spiro atoms. The molecule has 1 aliphatic rings. The van der Waals surface area contributed by atoms with Gasteiger partial charge in [-0.25, -0.2) is 0 Å². The summed E-state index contributed by atoms with van der Waals surface area (Å²) < 4.78 is 0. The van der Waals surface area contributed by atoms with E-state index in [9.17, 15) is 0 Å². The normalized spacial score (nSPS) is 15.8. The van der Waals surface area contributed by atoms with Crippen LogP contribution in [0.25, 0.3) is 0 Å². The van der Waals surface area contributed by atoms with Crippen molar-refractivity contribution in [2.45, 2.75) is 39.5 Å². The molecule has 0 bridgehead atoms. The molecule has 0 unspecified atom stereocenters. The van der Waals surface area contributed by atoms with Crippen LogP contribution < -0.4 is 5.43 Å². The van der Waals surface area contributed by atoms with Crippen LogP contribution in [-0.2, 0) is 0 Å². The van der Waals surface area contributed by atoms with Crippen molar-refractivity contribution in [3.63, 3.8) is 0 Å². The highest BCUT2D eigenvalue weighted by Gasteiger charge is 2.09. The van der Waals surface area contributed by atoms with E-state index in [0.717, 1.165) is 12.8 Å². The molecule has 11 heavy (non-hydrogen) atoms. The first-order chi connectivity index (χ1) is 5.38. The van der Waals surface area contributed by atoms with Crippen molar-refractivity contribution in [3.05, 3.63) is 11.8 Å². The topological polar surface area (TPSA) is 26.5 Å². The van der Waals surface area contributed by atoms with Gasteiger partial charge in [0.2, 0.25) is 0 Å². The Bertz CT molecular complexity index is 180. The molecule has 1 heterocycles. The molecule has 0 atom stereocenters. The number of nitrogens with zero attached hydrogens (tertiary/aromatic N) is 2. The first kappa shape index (κ1) is 8.31. The lowest BCUT2D eigenvalue weighted by molar-refractivity contribution is 0.800. The van der Waals surface area contributed by atoms with Crippen LogP contribution in [-0.4, -0.2) is 5.71 Å². The highest BCUT2D eigenvalue weighted by molar-refractivity contribution is 6.00. The molecule has 0 saturated carbocycles. The molecular formula is C9H15N2. The second kappa shape index (κ2) is 4.16. The summed E-state index contributed by atoms with van der Waals surface area (Å²) in [4.78, 5) is 0. The number of rotatable bonds is 4. The lowest BCUT2D eigenvalue weighted by Gasteiger charge is -2.00. The summed E-state index contributed by atoms with van der Waals surface area (Å²) in [6.07, 6.45) is 6.55. The van der Waals surface area contributed by atoms with Gasteiger partial charge < -0.3 is 0 Å². The Labute approximate surface area is 68.4 Å². The second-order valence-corrected chi connectivity index (χ2v) is 2.77. The standard InChI is InChI=1S/C9H15N2/c1-3-5-6-8-7-10-11-9(8)4-2/h7H,3-6H2,1-2H3. The highest BCUT2D eigenvalue weighted by atomic mass is 15.3. The van der Waals surface area contributed by atoms with E-state index in [2.05, 4.69) is 24.4 Å². The monoisotopic (exact) mass is 151 g/mol. The predicted molar refractivity (Wildman–Crippen MR) is 47.5 cm³/mol. The van der Waals surface area contributed by atoms with Crippen molar-refractivity contribution >= 4 is 5.71 Å². The summed E-state index contributed by atoms with van der Waals surface area (Å²) in [6, 6.07) is 0. The molecule has 0 aromatic heterocycles. The molecule has 1 radical (unpaired) electrons. The van der Waals surface area contributed by atoms with Gasteiger partial charge in [0.25, 0.3) is 0 Å². The summed E-state index contributed by atoms with van der Waals surface area (Å²) in [5.74, 6) is 0. The lowest BCUT2D eigenvalue weighted by atomic mass is 10.0. The third-order valence-electron chi connectivity index (χ3n) is 1.90. The van der Waals surface area contributed by atoms with Gasteiger partial charge in [-0.1, -0.05) is 20.3 Å². The Balaban J connectivity index is 2.39. The molecule has 1 aliphatic heterocycles. The van der Waals surface area contributed by atoms with Gasteiger partial charge in [-0.15, -0.1) is 0 Å². The van der Waals surface area contributed by atoms with Crippen LogP contribution in [0.5, 0.6) is 0 Å². The van der Waals surface area contributed by atoms with Crippen molar-refractivity contribution in [1.82, 2.24) is 5.43 Å². The summed E-state index contributed by atoms with van der Waals surface area (Å²) in [6.45, 7) is 4.33. The number of unbranched alkanes of at least 4 members (excludes halogenated alkanes) is 1. The van der Waals surface area contributed by atoms with Crippen LogP contribution in [0.2, 0.25) is 0 Å². The van der Waals surface area contributed by atoms with Crippen LogP contribution in [0.15, 0.2) is 16.9 Å². The van der Waals surface area contributed by atoms with E-state index in [1.54, 1.807) is 0 Å². The van der Waals surface area contributed by atoms with Crippen molar-refractivity contribution in [2.75, 3.05) is 0 Å². The van der Waals surface area contributed by atoms with Gasteiger partial charge in [0.05, 0.1) is 11.9 Å². The van der Waals surface area contributed by atoms with Crippen LogP contribution in [0, 0.1) is 0 Å². The maximum Gasteiger partial charge on any atom is 0.0675 e. The Kier molecular flexibility index (Phi) is 3.14. The molecule has 2 nitrogen and oxygen atoms in total. The first-order valence-electron chi connectivity index (χ1n) is 4.34. The van der Waals surface area contributed by atoms with Gasteiger partial charge >= 0.3 is 0 Å². The van der Waals surface area contributed by atoms with Gasteiger partial charge in [-0.05, 0) is 24.8 Å². The minimum absolute atomic E-state index is 1.01. The molecular weight excluding hydrogens is 136 g/mol. The zero-order valence-electron chi connectivity index (χ0n) is 7.30. The molecule has 0 N–H and O–H groups in total. The summed E-state index contributed by atoms with van der Waals surface area (Å²) in [5, 5.41) is 4.04. The van der Waals surface area contributed by atoms with Crippen LogP contribution in [0.1, 0.15) is 39.5 Å². The molecule has 0 amide bonds. The van der Waals surface area contributed by atoms with Crippen molar-refractivity contribution in [2.24, 2.45) is 5.10 Å². The third kappa shape index (κ3) is 2.07. The molecule has 0 aromatic rings. The van der Waals surface area contributed by atoms with E-state index < -0.39 is 0 Å². The molecule has 0 saturated heterocycles. The largest absolute Gasteiger partial charge is 0.159 e. The summed E-state index contributed by atoms with van der Waals surface area (Å²) in [5.41, 5.74) is 6.42. The second-order valence-electron chi connectivity index (χ2n) is 2.77. The van der Waals surface area contributed by atoms with E-state index in [1.165, 1.54) is 24.1 Å². The Morgan fingerprint density at radius 2 is 2.18 bits per heavy atom. The van der Waals surface area contributed by atoms with Crippen molar-refractivity contribution in [1.29, 1.82) is 0 Å². The molecule has 61 valence electrons. The first-order valence-corrected chi connectivity index (χ1v) is 4.34. The van der Waals surface area contributed by atoms with Gasteiger partial charge in [0.1, 0.15) is 0 Å². The fraction of sp³-hybridized carbons (Fsp3) is 0.667. The molecule has 0 aliphatic carbocycles. The van der Waals surface area contributed by atoms with E-state index in [4.69, 9.17) is 0 Å². The van der Waals surface area contributed by atoms with Crippen LogP contribution >= 0.6 is 0 Å². The van der Waals surface area contributed by atoms with E-state index >= 15 is 0 Å². The molecule has 2 heteroatoms. The number of hydrogen-bond acceptors (Lipinski definition) is 1. The third-order valence-corrected chi connectivity index (χ3v) is 1.90. The molecule has 1 rings (SSSR count). The fourth-order valence-corrected chi connectivity index (χ4v) is 1.18. The zero-order chi connectivity index (χ0) is 8.10.